The van der Waals surface area contributed by atoms with E-state index in [9.17, 15) is 9.90 Å². The molecule has 0 aromatic heterocycles. The SMILES string of the molecule is O=C(OCC1c2ccccc2-c2ccccc21)N1CCC2C(O)CCCC2C1. The van der Waals surface area contributed by atoms with E-state index in [-0.39, 0.29) is 18.1 Å². The zero-order valence-electron chi connectivity index (χ0n) is 16.1. The number of amides is 1. The Morgan fingerprint density at radius 3 is 2.39 bits per heavy atom. The summed E-state index contributed by atoms with van der Waals surface area (Å²) in [6.07, 6.45) is 3.56. The lowest BCUT2D eigenvalue weighted by atomic mass is 9.73. The Hall–Kier alpha value is -2.33. The molecule has 5 rings (SSSR count). The number of ether oxygens (including phenoxy) is 1. The van der Waals surface area contributed by atoms with Crippen LogP contribution in [0.4, 0.5) is 4.79 Å². The van der Waals surface area contributed by atoms with Crippen molar-refractivity contribution in [3.63, 3.8) is 0 Å². The molecule has 3 aliphatic rings. The zero-order chi connectivity index (χ0) is 19.1. The standard InChI is InChI=1S/C24H27NO3/c26-23-11-5-6-16-14-25(13-12-17(16)23)24(27)28-15-22-20-9-3-1-7-18(20)19-8-2-4-10-21(19)22/h1-4,7-10,16-17,22-23,26H,5-6,11-15H2. The van der Waals surface area contributed by atoms with Crippen molar-refractivity contribution >= 4 is 6.09 Å². The summed E-state index contributed by atoms with van der Waals surface area (Å²) in [7, 11) is 0. The van der Waals surface area contributed by atoms with E-state index in [0.717, 1.165) is 32.2 Å². The summed E-state index contributed by atoms with van der Waals surface area (Å²) in [4.78, 5) is 14.6. The van der Waals surface area contributed by atoms with Crippen LogP contribution in [0.5, 0.6) is 0 Å². The number of nitrogens with zero attached hydrogens (tertiary/aromatic N) is 1. The minimum absolute atomic E-state index is 0.102. The molecule has 3 unspecified atom stereocenters. The van der Waals surface area contributed by atoms with Crippen LogP contribution >= 0.6 is 0 Å². The normalized spacial score (nSPS) is 26.3. The second-order valence-electron chi connectivity index (χ2n) is 8.46. The van der Waals surface area contributed by atoms with E-state index in [2.05, 4.69) is 48.5 Å². The van der Waals surface area contributed by atoms with Crippen molar-refractivity contribution in [2.24, 2.45) is 11.8 Å². The number of benzene rings is 2. The van der Waals surface area contributed by atoms with Gasteiger partial charge >= 0.3 is 6.09 Å². The maximum Gasteiger partial charge on any atom is 0.409 e. The number of carbonyl (C=O) groups excluding carboxylic acids is 1. The van der Waals surface area contributed by atoms with Gasteiger partial charge in [0.05, 0.1) is 6.10 Å². The van der Waals surface area contributed by atoms with Gasteiger partial charge in [0.1, 0.15) is 6.61 Å². The summed E-state index contributed by atoms with van der Waals surface area (Å²) in [5.74, 6) is 0.870. The number of carbonyl (C=O) groups is 1. The van der Waals surface area contributed by atoms with Crippen LogP contribution < -0.4 is 0 Å². The van der Waals surface area contributed by atoms with E-state index in [0.29, 0.717) is 25.0 Å². The van der Waals surface area contributed by atoms with Crippen molar-refractivity contribution in [3.8, 4) is 11.1 Å². The minimum atomic E-state index is -0.208. The second-order valence-corrected chi connectivity index (χ2v) is 8.46. The molecule has 2 fully saturated rings. The van der Waals surface area contributed by atoms with Gasteiger partial charge < -0.3 is 14.7 Å². The molecule has 1 saturated heterocycles. The van der Waals surface area contributed by atoms with Gasteiger partial charge in [-0.3, -0.25) is 0 Å². The quantitative estimate of drug-likeness (QED) is 0.843. The van der Waals surface area contributed by atoms with Crippen LogP contribution in [-0.2, 0) is 4.74 Å². The van der Waals surface area contributed by atoms with Gasteiger partial charge in [-0.15, -0.1) is 0 Å². The third-order valence-electron chi connectivity index (χ3n) is 6.96. The van der Waals surface area contributed by atoms with Gasteiger partial charge in [-0.2, -0.15) is 0 Å². The number of hydrogen-bond donors (Lipinski definition) is 1. The molecule has 28 heavy (non-hydrogen) atoms. The Labute approximate surface area is 166 Å². The summed E-state index contributed by atoms with van der Waals surface area (Å²) >= 11 is 0. The zero-order valence-corrected chi connectivity index (χ0v) is 16.1. The van der Waals surface area contributed by atoms with E-state index >= 15 is 0 Å². The van der Waals surface area contributed by atoms with Gasteiger partial charge in [0.25, 0.3) is 0 Å². The summed E-state index contributed by atoms with van der Waals surface area (Å²) < 4.78 is 5.81. The predicted molar refractivity (Wildman–Crippen MR) is 108 cm³/mol. The van der Waals surface area contributed by atoms with E-state index in [1.54, 1.807) is 0 Å². The first kappa shape index (κ1) is 17.7. The molecule has 3 atom stereocenters. The largest absolute Gasteiger partial charge is 0.448 e. The Morgan fingerprint density at radius 1 is 1.00 bits per heavy atom. The number of piperidine rings is 1. The van der Waals surface area contributed by atoms with E-state index in [1.807, 2.05) is 4.90 Å². The average Bonchev–Trinajstić information content (AvgIpc) is 3.06. The van der Waals surface area contributed by atoms with Gasteiger partial charge in [0.2, 0.25) is 0 Å². The molecule has 0 bridgehead atoms. The molecule has 146 valence electrons. The van der Waals surface area contributed by atoms with Crippen molar-refractivity contribution < 1.29 is 14.6 Å². The third-order valence-corrected chi connectivity index (χ3v) is 6.96. The summed E-state index contributed by atoms with van der Waals surface area (Å²) in [6, 6.07) is 16.8. The van der Waals surface area contributed by atoms with Crippen LogP contribution in [0.1, 0.15) is 42.7 Å². The fourth-order valence-corrected chi connectivity index (χ4v) is 5.52. The first-order chi connectivity index (χ1) is 13.7. The highest BCUT2D eigenvalue weighted by molar-refractivity contribution is 5.79. The molecule has 2 aromatic carbocycles. The molecule has 1 amide bonds. The predicted octanol–water partition coefficient (Wildman–Crippen LogP) is 4.42. The van der Waals surface area contributed by atoms with Gasteiger partial charge in [0.15, 0.2) is 0 Å². The number of aliphatic hydroxyl groups excluding tert-OH is 1. The van der Waals surface area contributed by atoms with E-state index in [1.165, 1.54) is 22.3 Å². The highest BCUT2D eigenvalue weighted by Crippen LogP contribution is 2.44. The Morgan fingerprint density at radius 2 is 1.68 bits per heavy atom. The van der Waals surface area contributed by atoms with Gasteiger partial charge in [-0.25, -0.2) is 4.79 Å². The highest BCUT2D eigenvalue weighted by Gasteiger charge is 2.38. The molecule has 0 radical (unpaired) electrons. The molecule has 4 heteroatoms. The lowest BCUT2D eigenvalue weighted by molar-refractivity contribution is -0.0153. The fourth-order valence-electron chi connectivity index (χ4n) is 5.52. The Bertz CT molecular complexity index is 834. The Balaban J connectivity index is 1.27. The molecule has 4 nitrogen and oxygen atoms in total. The van der Waals surface area contributed by atoms with Crippen LogP contribution in [0.15, 0.2) is 48.5 Å². The second kappa shape index (κ2) is 7.25. The van der Waals surface area contributed by atoms with E-state index in [4.69, 9.17) is 4.74 Å². The lowest BCUT2D eigenvalue weighted by Crippen LogP contribution is -2.48. The van der Waals surface area contributed by atoms with Crippen molar-refractivity contribution in [1.82, 2.24) is 4.90 Å². The summed E-state index contributed by atoms with van der Waals surface area (Å²) in [5.41, 5.74) is 4.98. The smallest absolute Gasteiger partial charge is 0.409 e. The topological polar surface area (TPSA) is 49.8 Å². The fraction of sp³-hybridized carbons (Fsp3) is 0.458. The third kappa shape index (κ3) is 3.00. The van der Waals surface area contributed by atoms with Crippen LogP contribution in [0.25, 0.3) is 11.1 Å². The molecule has 2 aliphatic carbocycles. The van der Waals surface area contributed by atoms with Gasteiger partial charge in [-0.1, -0.05) is 55.0 Å². The van der Waals surface area contributed by atoms with Crippen LogP contribution in [0.3, 0.4) is 0 Å². The molecule has 0 spiro atoms. The van der Waals surface area contributed by atoms with Gasteiger partial charge in [0, 0.05) is 19.0 Å². The first-order valence-electron chi connectivity index (χ1n) is 10.5. The summed E-state index contributed by atoms with van der Waals surface area (Å²) in [5, 5.41) is 10.2. The monoisotopic (exact) mass is 377 g/mol. The van der Waals surface area contributed by atoms with Crippen molar-refractivity contribution in [2.75, 3.05) is 19.7 Å². The molecular formula is C24H27NO3. The lowest BCUT2D eigenvalue weighted by Gasteiger charge is -2.43. The maximum atomic E-state index is 12.8. The first-order valence-corrected chi connectivity index (χ1v) is 10.5. The van der Waals surface area contributed by atoms with Crippen LogP contribution in [-0.4, -0.2) is 41.9 Å². The molecule has 1 heterocycles. The number of hydrogen-bond acceptors (Lipinski definition) is 3. The van der Waals surface area contributed by atoms with Crippen molar-refractivity contribution in [1.29, 1.82) is 0 Å². The summed E-state index contributed by atoms with van der Waals surface area (Å²) in [6.45, 7) is 1.79. The Kier molecular flexibility index (Phi) is 4.59. The van der Waals surface area contributed by atoms with Crippen LogP contribution in [0, 0.1) is 11.8 Å². The van der Waals surface area contributed by atoms with Crippen molar-refractivity contribution in [2.45, 2.75) is 37.7 Å². The van der Waals surface area contributed by atoms with E-state index < -0.39 is 0 Å². The average molecular weight is 377 g/mol. The maximum absolute atomic E-state index is 12.8. The molecule has 1 N–H and O–H groups in total. The molecule has 1 saturated carbocycles. The number of rotatable bonds is 2. The number of aliphatic hydroxyl groups is 1. The molecule has 2 aromatic rings. The number of likely N-dealkylation sites (tertiary alicyclic amines) is 1. The minimum Gasteiger partial charge on any atom is -0.448 e. The highest BCUT2D eigenvalue weighted by atomic mass is 16.6. The van der Waals surface area contributed by atoms with Crippen LogP contribution in [0.2, 0.25) is 0 Å². The number of fused-ring (bicyclic) bond motifs is 4. The van der Waals surface area contributed by atoms with Gasteiger partial charge in [-0.05, 0) is 53.4 Å². The molecule has 1 aliphatic heterocycles. The van der Waals surface area contributed by atoms with Crippen molar-refractivity contribution in [3.05, 3.63) is 59.7 Å². The molecular weight excluding hydrogens is 350 g/mol.